The molecule has 0 fully saturated rings. The molecule has 102 valence electrons. The fourth-order valence-corrected chi connectivity index (χ4v) is 2.02. The monoisotopic (exact) mass is 260 g/mol. The maximum Gasteiger partial charge on any atom is 0.228 e. The van der Waals surface area contributed by atoms with E-state index in [4.69, 9.17) is 10.3 Å². The largest absolute Gasteiger partial charge is 0.339 e. The Morgan fingerprint density at radius 3 is 2.84 bits per heavy atom. The van der Waals surface area contributed by atoms with Crippen LogP contribution < -0.4 is 5.73 Å². The van der Waals surface area contributed by atoms with Crippen molar-refractivity contribution in [2.75, 3.05) is 0 Å². The minimum Gasteiger partial charge on any atom is -0.339 e. The van der Waals surface area contributed by atoms with Gasteiger partial charge in [0.1, 0.15) is 0 Å². The Labute approximate surface area is 113 Å². The first-order valence-corrected chi connectivity index (χ1v) is 6.60. The fourth-order valence-electron chi connectivity index (χ4n) is 2.02. The molecule has 2 aromatic rings. The summed E-state index contributed by atoms with van der Waals surface area (Å²) in [4.78, 5) is 8.59. The number of hydrogen-bond acceptors (Lipinski definition) is 5. The normalized spacial score (nSPS) is 12.8. The van der Waals surface area contributed by atoms with Crippen LogP contribution in [0.2, 0.25) is 0 Å². The van der Waals surface area contributed by atoms with Crippen molar-refractivity contribution in [2.45, 2.75) is 39.2 Å². The number of nitrogens with zero attached hydrogens (tertiary/aromatic N) is 3. The number of rotatable bonds is 6. The molecule has 2 aromatic heterocycles. The second-order valence-electron chi connectivity index (χ2n) is 5.20. The number of nitrogens with two attached hydrogens (primary N) is 1. The molecule has 5 heteroatoms. The Kier molecular flexibility index (Phi) is 4.63. The van der Waals surface area contributed by atoms with Gasteiger partial charge in [-0.15, -0.1) is 0 Å². The van der Waals surface area contributed by atoms with E-state index >= 15 is 0 Å². The molecular weight excluding hydrogens is 240 g/mol. The van der Waals surface area contributed by atoms with Gasteiger partial charge in [-0.2, -0.15) is 4.98 Å². The van der Waals surface area contributed by atoms with E-state index in [1.807, 2.05) is 18.2 Å². The molecule has 5 nitrogen and oxygen atoms in total. The van der Waals surface area contributed by atoms with Gasteiger partial charge in [0.2, 0.25) is 5.89 Å². The molecule has 2 rings (SSSR count). The van der Waals surface area contributed by atoms with Gasteiger partial charge in [0.15, 0.2) is 5.82 Å². The molecule has 1 unspecified atom stereocenters. The zero-order chi connectivity index (χ0) is 13.7. The highest BCUT2D eigenvalue weighted by atomic mass is 16.5. The molecule has 0 aliphatic rings. The molecular formula is C14H20N4O. The number of hydrogen-bond donors (Lipinski definition) is 1. The van der Waals surface area contributed by atoms with Crippen LogP contribution in [0.25, 0.3) is 0 Å². The third kappa shape index (κ3) is 4.44. The average molecular weight is 260 g/mol. The van der Waals surface area contributed by atoms with E-state index < -0.39 is 0 Å². The highest BCUT2D eigenvalue weighted by Crippen LogP contribution is 2.09. The van der Waals surface area contributed by atoms with Crippen molar-refractivity contribution in [3.63, 3.8) is 0 Å². The molecule has 2 heterocycles. The van der Waals surface area contributed by atoms with Gasteiger partial charge in [-0.3, -0.25) is 4.98 Å². The van der Waals surface area contributed by atoms with Gasteiger partial charge in [0, 0.05) is 24.4 Å². The average Bonchev–Trinajstić information content (AvgIpc) is 2.76. The standard InChI is InChI=1S/C14H20N4O/c1-10(2)7-11(15)8-14-17-13(18-19-14)9-12-5-3-4-6-16-12/h3-6,10-11H,7-9,15H2,1-2H3. The van der Waals surface area contributed by atoms with Gasteiger partial charge in [-0.05, 0) is 24.5 Å². The predicted molar refractivity (Wildman–Crippen MR) is 72.5 cm³/mol. The minimum absolute atomic E-state index is 0.0724. The van der Waals surface area contributed by atoms with E-state index in [1.165, 1.54) is 0 Å². The summed E-state index contributed by atoms with van der Waals surface area (Å²) < 4.78 is 5.22. The maximum atomic E-state index is 6.03. The van der Waals surface area contributed by atoms with Crippen LogP contribution in [0.3, 0.4) is 0 Å². The molecule has 0 aliphatic carbocycles. The SMILES string of the molecule is CC(C)CC(N)Cc1nc(Cc2ccccn2)no1. The van der Waals surface area contributed by atoms with Crippen LogP contribution in [0, 0.1) is 5.92 Å². The topological polar surface area (TPSA) is 77.8 Å². The smallest absolute Gasteiger partial charge is 0.228 e. The van der Waals surface area contributed by atoms with Gasteiger partial charge in [-0.25, -0.2) is 0 Å². The lowest BCUT2D eigenvalue weighted by atomic mass is 10.0. The first kappa shape index (κ1) is 13.7. The summed E-state index contributed by atoms with van der Waals surface area (Å²) >= 11 is 0. The molecule has 0 aliphatic heterocycles. The third-order valence-corrected chi connectivity index (χ3v) is 2.79. The molecule has 0 saturated heterocycles. The fraction of sp³-hybridized carbons (Fsp3) is 0.500. The molecule has 1 atom stereocenters. The second kappa shape index (κ2) is 6.43. The highest BCUT2D eigenvalue weighted by molar-refractivity contribution is 5.09. The predicted octanol–water partition coefficient (Wildman–Crippen LogP) is 1.97. The molecule has 0 spiro atoms. The summed E-state index contributed by atoms with van der Waals surface area (Å²) in [6.07, 6.45) is 3.93. The Bertz CT molecular complexity index is 495. The summed E-state index contributed by atoms with van der Waals surface area (Å²) in [6, 6.07) is 5.85. The van der Waals surface area contributed by atoms with Gasteiger partial charge in [0.05, 0.1) is 6.42 Å². The second-order valence-corrected chi connectivity index (χ2v) is 5.20. The molecule has 2 N–H and O–H groups in total. The van der Waals surface area contributed by atoms with Crippen LogP contribution >= 0.6 is 0 Å². The zero-order valence-electron chi connectivity index (χ0n) is 11.4. The first-order chi connectivity index (χ1) is 9.13. The molecule has 0 amide bonds. The lowest BCUT2D eigenvalue weighted by Gasteiger charge is -2.10. The van der Waals surface area contributed by atoms with E-state index in [-0.39, 0.29) is 6.04 Å². The Balaban J connectivity index is 1.92. The van der Waals surface area contributed by atoms with Crippen LogP contribution in [0.1, 0.15) is 37.7 Å². The molecule has 19 heavy (non-hydrogen) atoms. The third-order valence-electron chi connectivity index (χ3n) is 2.79. The van der Waals surface area contributed by atoms with Crippen molar-refractivity contribution < 1.29 is 4.52 Å². The van der Waals surface area contributed by atoms with Crippen LogP contribution in [0.15, 0.2) is 28.9 Å². The summed E-state index contributed by atoms with van der Waals surface area (Å²) in [6.45, 7) is 4.31. The van der Waals surface area contributed by atoms with Gasteiger partial charge in [-0.1, -0.05) is 25.1 Å². The summed E-state index contributed by atoms with van der Waals surface area (Å²) in [5.41, 5.74) is 6.96. The zero-order valence-corrected chi connectivity index (χ0v) is 11.4. The number of pyridine rings is 1. The van der Waals surface area contributed by atoms with Gasteiger partial charge in [0.25, 0.3) is 0 Å². The summed E-state index contributed by atoms with van der Waals surface area (Å²) in [5, 5.41) is 3.96. The van der Waals surface area contributed by atoms with Crippen LogP contribution in [0.5, 0.6) is 0 Å². The Morgan fingerprint density at radius 1 is 1.32 bits per heavy atom. The number of aromatic nitrogens is 3. The first-order valence-electron chi connectivity index (χ1n) is 6.60. The van der Waals surface area contributed by atoms with Gasteiger partial charge < -0.3 is 10.3 Å². The highest BCUT2D eigenvalue weighted by Gasteiger charge is 2.13. The molecule has 0 radical (unpaired) electrons. The van der Waals surface area contributed by atoms with Crippen molar-refractivity contribution in [3.05, 3.63) is 41.8 Å². The van der Waals surface area contributed by atoms with Crippen molar-refractivity contribution in [1.29, 1.82) is 0 Å². The van der Waals surface area contributed by atoms with E-state index in [0.717, 1.165) is 12.1 Å². The van der Waals surface area contributed by atoms with Crippen LogP contribution in [0.4, 0.5) is 0 Å². The van der Waals surface area contributed by atoms with Crippen molar-refractivity contribution >= 4 is 0 Å². The molecule has 0 saturated carbocycles. The van der Waals surface area contributed by atoms with Crippen LogP contribution in [-0.2, 0) is 12.8 Å². The van der Waals surface area contributed by atoms with Crippen molar-refractivity contribution in [2.24, 2.45) is 11.7 Å². The quantitative estimate of drug-likeness (QED) is 0.859. The Hall–Kier alpha value is -1.75. The maximum absolute atomic E-state index is 6.03. The van der Waals surface area contributed by atoms with Crippen molar-refractivity contribution in [1.82, 2.24) is 15.1 Å². The molecule has 0 aromatic carbocycles. The summed E-state index contributed by atoms with van der Waals surface area (Å²) in [5.74, 6) is 1.84. The van der Waals surface area contributed by atoms with E-state index in [2.05, 4.69) is 29.0 Å². The van der Waals surface area contributed by atoms with E-state index in [0.29, 0.717) is 30.5 Å². The van der Waals surface area contributed by atoms with E-state index in [1.54, 1.807) is 6.20 Å². The molecule has 0 bridgehead atoms. The van der Waals surface area contributed by atoms with E-state index in [9.17, 15) is 0 Å². The van der Waals surface area contributed by atoms with Crippen molar-refractivity contribution in [3.8, 4) is 0 Å². The van der Waals surface area contributed by atoms with Gasteiger partial charge >= 0.3 is 0 Å². The van der Waals surface area contributed by atoms with Crippen LogP contribution in [-0.4, -0.2) is 21.2 Å². The lowest BCUT2D eigenvalue weighted by molar-refractivity contribution is 0.355. The Morgan fingerprint density at radius 2 is 2.16 bits per heavy atom. The summed E-state index contributed by atoms with van der Waals surface area (Å²) in [7, 11) is 0. The minimum atomic E-state index is 0.0724. The lowest BCUT2D eigenvalue weighted by Crippen LogP contribution is -2.24.